The molecule has 5 nitrogen and oxygen atoms in total. The number of piperidine rings is 1. The van der Waals surface area contributed by atoms with Crippen molar-refractivity contribution in [2.24, 2.45) is 5.92 Å². The first-order chi connectivity index (χ1) is 14.3. The third kappa shape index (κ3) is 5.55. The normalized spacial score (nSPS) is 16.9. The first-order valence-electron chi connectivity index (χ1n) is 10.1. The first-order valence-corrected chi connectivity index (χ1v) is 12.3. The van der Waals surface area contributed by atoms with Crippen molar-refractivity contribution < 1.29 is 13.2 Å². The SMILES string of the molecule is C[C@@H](CCc1ccccc1)NC(=O)C1CCN(S(=O)(=O)c2c(Cl)cccc2Cl)CC1. The van der Waals surface area contributed by atoms with E-state index >= 15 is 0 Å². The Morgan fingerprint density at radius 3 is 2.27 bits per heavy atom. The zero-order chi connectivity index (χ0) is 21.7. The van der Waals surface area contributed by atoms with Gasteiger partial charge in [-0.3, -0.25) is 4.79 Å². The summed E-state index contributed by atoms with van der Waals surface area (Å²) in [6.45, 7) is 2.53. The summed E-state index contributed by atoms with van der Waals surface area (Å²) in [6, 6.07) is 14.9. The third-order valence-corrected chi connectivity index (χ3v) is 8.29. The summed E-state index contributed by atoms with van der Waals surface area (Å²) in [5.74, 6) is -0.208. The summed E-state index contributed by atoms with van der Waals surface area (Å²) in [7, 11) is -3.80. The lowest BCUT2D eigenvalue weighted by molar-refractivity contribution is -0.126. The molecule has 0 aromatic heterocycles. The molecular formula is C22H26Cl2N2O3S. The molecule has 2 aromatic carbocycles. The van der Waals surface area contributed by atoms with Gasteiger partial charge in [-0.15, -0.1) is 0 Å². The smallest absolute Gasteiger partial charge is 0.246 e. The predicted octanol–water partition coefficient (Wildman–Crippen LogP) is 4.53. The average molecular weight is 469 g/mol. The fourth-order valence-electron chi connectivity index (χ4n) is 3.68. The Morgan fingerprint density at radius 1 is 1.07 bits per heavy atom. The molecule has 1 atom stereocenters. The number of hydrogen-bond donors (Lipinski definition) is 1. The number of rotatable bonds is 7. The number of aryl methyl sites for hydroxylation is 1. The number of nitrogens with one attached hydrogen (secondary N) is 1. The summed E-state index contributed by atoms with van der Waals surface area (Å²) in [4.78, 5) is 12.6. The van der Waals surface area contributed by atoms with E-state index < -0.39 is 10.0 Å². The van der Waals surface area contributed by atoms with Gasteiger partial charge < -0.3 is 5.32 Å². The van der Waals surface area contributed by atoms with Gasteiger partial charge in [-0.1, -0.05) is 59.6 Å². The van der Waals surface area contributed by atoms with Crippen molar-refractivity contribution in [2.45, 2.75) is 43.5 Å². The number of carbonyl (C=O) groups excluding carboxylic acids is 1. The quantitative estimate of drug-likeness (QED) is 0.648. The van der Waals surface area contributed by atoms with Gasteiger partial charge in [0.2, 0.25) is 15.9 Å². The predicted molar refractivity (Wildman–Crippen MR) is 120 cm³/mol. The number of halogens is 2. The van der Waals surface area contributed by atoms with E-state index in [1.165, 1.54) is 22.0 Å². The molecule has 1 amide bonds. The van der Waals surface area contributed by atoms with Crippen molar-refractivity contribution in [3.8, 4) is 0 Å². The molecule has 162 valence electrons. The van der Waals surface area contributed by atoms with Gasteiger partial charge in [0.25, 0.3) is 0 Å². The average Bonchev–Trinajstić information content (AvgIpc) is 2.73. The monoisotopic (exact) mass is 468 g/mol. The van der Waals surface area contributed by atoms with Crippen LogP contribution >= 0.6 is 23.2 Å². The molecule has 2 aromatic rings. The Hall–Kier alpha value is -1.60. The van der Waals surface area contributed by atoms with Gasteiger partial charge in [0, 0.05) is 25.0 Å². The second-order valence-corrected chi connectivity index (χ2v) is 10.4. The molecule has 0 aliphatic carbocycles. The number of sulfonamides is 1. The lowest BCUT2D eigenvalue weighted by Crippen LogP contribution is -2.45. The van der Waals surface area contributed by atoms with E-state index in [1.54, 1.807) is 6.07 Å². The van der Waals surface area contributed by atoms with Gasteiger partial charge in [-0.05, 0) is 50.3 Å². The molecule has 1 N–H and O–H groups in total. The van der Waals surface area contributed by atoms with Gasteiger partial charge in [0.1, 0.15) is 4.90 Å². The van der Waals surface area contributed by atoms with Crippen LogP contribution in [0.25, 0.3) is 0 Å². The molecule has 0 saturated carbocycles. The summed E-state index contributed by atoms with van der Waals surface area (Å²) in [6.07, 6.45) is 2.70. The molecule has 3 rings (SSSR count). The van der Waals surface area contributed by atoms with E-state index in [0.29, 0.717) is 12.8 Å². The number of carbonyl (C=O) groups is 1. The number of hydrogen-bond acceptors (Lipinski definition) is 3. The minimum atomic E-state index is -3.80. The maximum absolute atomic E-state index is 13.0. The minimum Gasteiger partial charge on any atom is -0.353 e. The van der Waals surface area contributed by atoms with E-state index in [0.717, 1.165) is 12.8 Å². The Balaban J connectivity index is 1.53. The molecule has 1 heterocycles. The molecule has 0 spiro atoms. The Kier molecular flexibility index (Phi) is 7.80. The minimum absolute atomic E-state index is 0.0108. The van der Waals surface area contributed by atoms with Crippen LogP contribution in [0.5, 0.6) is 0 Å². The second-order valence-electron chi connectivity index (χ2n) is 7.66. The fourth-order valence-corrected chi connectivity index (χ4v) is 6.24. The van der Waals surface area contributed by atoms with Crippen LogP contribution < -0.4 is 5.32 Å². The van der Waals surface area contributed by atoms with Crippen molar-refractivity contribution in [1.82, 2.24) is 9.62 Å². The van der Waals surface area contributed by atoms with E-state index in [-0.39, 0.29) is 45.9 Å². The standard InChI is InChI=1S/C22H26Cl2N2O3S/c1-16(10-11-17-6-3-2-4-7-17)25-22(27)18-12-14-26(15-13-18)30(28,29)21-19(23)8-5-9-20(21)24/h2-9,16,18H,10-15H2,1H3,(H,25,27)/t16-/m0/s1. The first kappa shape index (κ1) is 23.1. The lowest BCUT2D eigenvalue weighted by Gasteiger charge is -2.31. The van der Waals surface area contributed by atoms with Crippen LogP contribution in [0.15, 0.2) is 53.4 Å². The third-order valence-electron chi connectivity index (χ3n) is 5.44. The van der Waals surface area contributed by atoms with E-state index in [1.807, 2.05) is 25.1 Å². The largest absolute Gasteiger partial charge is 0.353 e. The topological polar surface area (TPSA) is 66.5 Å². The fraction of sp³-hybridized carbons (Fsp3) is 0.409. The van der Waals surface area contributed by atoms with Gasteiger partial charge in [-0.25, -0.2) is 8.42 Å². The van der Waals surface area contributed by atoms with Crippen LogP contribution in [-0.2, 0) is 21.2 Å². The summed E-state index contributed by atoms with van der Waals surface area (Å²) in [5, 5.41) is 3.29. The van der Waals surface area contributed by atoms with Crippen LogP contribution in [0.4, 0.5) is 0 Å². The van der Waals surface area contributed by atoms with Gasteiger partial charge in [0.05, 0.1) is 10.0 Å². The lowest BCUT2D eigenvalue weighted by atomic mass is 9.96. The number of nitrogens with zero attached hydrogens (tertiary/aromatic N) is 1. The molecule has 1 fully saturated rings. The molecule has 8 heteroatoms. The summed E-state index contributed by atoms with van der Waals surface area (Å²) < 4.78 is 27.3. The van der Waals surface area contributed by atoms with Crippen LogP contribution in [0.1, 0.15) is 31.7 Å². The van der Waals surface area contributed by atoms with Gasteiger partial charge in [-0.2, -0.15) is 4.31 Å². The number of amides is 1. The van der Waals surface area contributed by atoms with Crippen molar-refractivity contribution in [3.63, 3.8) is 0 Å². The van der Waals surface area contributed by atoms with Crippen LogP contribution in [0, 0.1) is 5.92 Å². The summed E-state index contributed by atoms with van der Waals surface area (Å²) >= 11 is 12.2. The second kappa shape index (κ2) is 10.1. The zero-order valence-electron chi connectivity index (χ0n) is 16.9. The molecule has 1 saturated heterocycles. The number of benzene rings is 2. The van der Waals surface area contributed by atoms with Crippen molar-refractivity contribution in [3.05, 3.63) is 64.1 Å². The molecule has 0 unspecified atom stereocenters. The van der Waals surface area contributed by atoms with Crippen molar-refractivity contribution in [1.29, 1.82) is 0 Å². The highest BCUT2D eigenvalue weighted by atomic mass is 35.5. The van der Waals surface area contributed by atoms with Crippen LogP contribution in [0.2, 0.25) is 10.0 Å². The van der Waals surface area contributed by atoms with E-state index in [4.69, 9.17) is 23.2 Å². The van der Waals surface area contributed by atoms with E-state index in [2.05, 4.69) is 17.4 Å². The van der Waals surface area contributed by atoms with Gasteiger partial charge >= 0.3 is 0 Å². The molecule has 0 bridgehead atoms. The van der Waals surface area contributed by atoms with Crippen molar-refractivity contribution in [2.75, 3.05) is 13.1 Å². The zero-order valence-corrected chi connectivity index (χ0v) is 19.2. The highest BCUT2D eigenvalue weighted by molar-refractivity contribution is 7.89. The Morgan fingerprint density at radius 2 is 1.67 bits per heavy atom. The van der Waals surface area contributed by atoms with Crippen molar-refractivity contribution >= 4 is 39.1 Å². The summed E-state index contributed by atoms with van der Waals surface area (Å²) in [5.41, 5.74) is 1.25. The molecule has 30 heavy (non-hydrogen) atoms. The molecule has 1 aliphatic heterocycles. The maximum Gasteiger partial charge on any atom is 0.246 e. The van der Waals surface area contributed by atoms with Crippen LogP contribution in [-0.4, -0.2) is 37.8 Å². The van der Waals surface area contributed by atoms with Gasteiger partial charge in [0.15, 0.2) is 0 Å². The molecular weight excluding hydrogens is 443 g/mol. The van der Waals surface area contributed by atoms with E-state index in [9.17, 15) is 13.2 Å². The highest BCUT2D eigenvalue weighted by Crippen LogP contribution is 2.33. The maximum atomic E-state index is 13.0. The highest BCUT2D eigenvalue weighted by Gasteiger charge is 2.34. The Bertz CT molecular complexity index is 955. The van der Waals surface area contributed by atoms with Crippen LogP contribution in [0.3, 0.4) is 0 Å². The molecule has 0 radical (unpaired) electrons. The Labute approximate surface area is 188 Å². The molecule has 1 aliphatic rings.